The van der Waals surface area contributed by atoms with Crippen LogP contribution in [-0.4, -0.2) is 109 Å². The molecule has 6 atom stereocenters. The Bertz CT molecular complexity index is 2400. The van der Waals surface area contributed by atoms with Gasteiger partial charge in [0.05, 0.1) is 42.5 Å². The third-order valence-electron chi connectivity index (χ3n) is 11.8. The van der Waals surface area contributed by atoms with Crippen LogP contribution in [0.3, 0.4) is 0 Å². The number of aromatic amines is 2. The average molecular weight is 891 g/mol. The first-order valence-electron chi connectivity index (χ1n) is 21.6. The molecule has 2 aromatic heterocycles. The molecule has 0 bridgehead atoms. The Balaban J connectivity index is 1.05. The number of imidazole rings is 2. The van der Waals surface area contributed by atoms with E-state index in [9.17, 15) is 24.3 Å². The van der Waals surface area contributed by atoms with Gasteiger partial charge in [-0.05, 0) is 73.6 Å². The summed E-state index contributed by atoms with van der Waals surface area (Å²) in [5.41, 5.74) is 5.47. The number of H-pyrrole nitrogens is 2. The summed E-state index contributed by atoms with van der Waals surface area (Å²) in [5.74, 6) is 0.682. The molecule has 0 spiro atoms. The molecule has 2 saturated heterocycles. The van der Waals surface area contributed by atoms with Gasteiger partial charge in [-0.3, -0.25) is 9.59 Å². The Morgan fingerprint density at radius 3 is 1.81 bits per heavy atom. The molecule has 5 N–H and O–H groups in total. The van der Waals surface area contributed by atoms with Crippen LogP contribution < -0.4 is 10.6 Å². The minimum Gasteiger partial charge on any atom is -0.465 e. The number of alkyl carbamates (subject to hydrolysis) is 1. The van der Waals surface area contributed by atoms with Crippen LogP contribution in [0, 0.1) is 11.8 Å². The van der Waals surface area contributed by atoms with Crippen molar-refractivity contribution in [1.29, 1.82) is 0 Å². The second-order valence-electron chi connectivity index (χ2n) is 17.8. The number of nitrogens with one attached hydrogen (secondary N) is 4. The first-order valence-corrected chi connectivity index (χ1v) is 22.9. The molecule has 4 heterocycles. The van der Waals surface area contributed by atoms with E-state index in [1.807, 2.05) is 74.7 Å². The molecule has 7 rings (SSSR count). The molecule has 338 valence electrons. The van der Waals surface area contributed by atoms with Crippen molar-refractivity contribution in [1.82, 2.24) is 40.4 Å². The van der Waals surface area contributed by atoms with E-state index in [4.69, 9.17) is 19.4 Å². The van der Waals surface area contributed by atoms with Gasteiger partial charge in [-0.15, -0.1) is 0 Å². The number of carbonyl (C=O) groups is 4. The van der Waals surface area contributed by atoms with Crippen molar-refractivity contribution in [3.8, 4) is 33.6 Å². The number of amides is 4. The van der Waals surface area contributed by atoms with Gasteiger partial charge in [0, 0.05) is 31.4 Å². The number of methoxy groups -OCH3 is 1. The van der Waals surface area contributed by atoms with Crippen LogP contribution in [0.4, 0.5) is 9.59 Å². The average Bonchev–Trinajstić information content (AvgIpc) is 4.11. The van der Waals surface area contributed by atoms with Crippen molar-refractivity contribution in [2.45, 2.75) is 82.5 Å². The number of ether oxygens (including phenoxy) is 2. The van der Waals surface area contributed by atoms with E-state index in [1.54, 1.807) is 61.8 Å². The number of nitrogens with zero attached hydrogens (tertiary/aromatic N) is 4. The van der Waals surface area contributed by atoms with Crippen LogP contribution in [0.2, 0.25) is 0 Å². The zero-order chi connectivity index (χ0) is 45.7. The van der Waals surface area contributed by atoms with Gasteiger partial charge in [0.25, 0.3) is 5.91 Å². The lowest BCUT2D eigenvalue weighted by Gasteiger charge is -2.29. The number of hydrogen-bond acceptors (Lipinski definition) is 9. The van der Waals surface area contributed by atoms with E-state index < -0.39 is 29.9 Å². The Kier molecular flexibility index (Phi) is 14.1. The summed E-state index contributed by atoms with van der Waals surface area (Å²) in [7, 11) is 1.65. The molecule has 2 aliphatic rings. The summed E-state index contributed by atoms with van der Waals surface area (Å²) in [6, 6.07) is 23.1. The SMILES string of the molecule is COC[C@H]1C[C@@H](c2ncc(-c3ccc(-c4ccc(-c5cnc([C@@H]6C[C@H](SC)CN6C(=O)[C@@H](NC(=O)O)C(C)C)[nH]5)cc4)cc3)[nH]2)N(C(=O)C(NC(=O)OC(C)(C)C)c2ccccc2)C1. The summed E-state index contributed by atoms with van der Waals surface area (Å²) < 4.78 is 11.1. The van der Waals surface area contributed by atoms with Crippen molar-refractivity contribution in [2.75, 3.05) is 33.1 Å². The molecule has 15 nitrogen and oxygen atoms in total. The summed E-state index contributed by atoms with van der Waals surface area (Å²) in [6.07, 6.45) is 5.04. The van der Waals surface area contributed by atoms with E-state index in [0.29, 0.717) is 49.8 Å². The number of rotatable bonds is 14. The van der Waals surface area contributed by atoms with E-state index in [-0.39, 0.29) is 41.0 Å². The number of likely N-dealkylation sites (tertiary alicyclic amines) is 2. The van der Waals surface area contributed by atoms with Crippen molar-refractivity contribution in [2.24, 2.45) is 11.8 Å². The summed E-state index contributed by atoms with van der Waals surface area (Å²) >= 11 is 1.69. The predicted molar refractivity (Wildman–Crippen MR) is 246 cm³/mol. The Labute approximate surface area is 378 Å². The lowest BCUT2D eigenvalue weighted by Crippen LogP contribution is -2.51. The summed E-state index contributed by atoms with van der Waals surface area (Å²) in [5, 5.41) is 14.9. The lowest BCUT2D eigenvalue weighted by atomic mass is 10.0. The minimum absolute atomic E-state index is 0.0693. The smallest absolute Gasteiger partial charge is 0.408 e. The van der Waals surface area contributed by atoms with Gasteiger partial charge in [-0.25, -0.2) is 19.6 Å². The molecule has 0 aliphatic carbocycles. The third-order valence-corrected chi connectivity index (χ3v) is 12.8. The Morgan fingerprint density at radius 2 is 1.31 bits per heavy atom. The van der Waals surface area contributed by atoms with Gasteiger partial charge in [0.15, 0.2) is 0 Å². The highest BCUT2D eigenvalue weighted by Crippen LogP contribution is 2.39. The van der Waals surface area contributed by atoms with Crippen LogP contribution in [0.5, 0.6) is 0 Å². The fourth-order valence-electron chi connectivity index (χ4n) is 8.59. The van der Waals surface area contributed by atoms with Crippen molar-refractivity contribution >= 4 is 35.8 Å². The first kappa shape index (κ1) is 45.9. The zero-order valence-corrected chi connectivity index (χ0v) is 38.1. The van der Waals surface area contributed by atoms with E-state index in [1.165, 1.54) is 0 Å². The molecule has 64 heavy (non-hydrogen) atoms. The quantitative estimate of drug-likeness (QED) is 0.0725. The topological polar surface area (TPSA) is 195 Å². The third kappa shape index (κ3) is 10.6. The van der Waals surface area contributed by atoms with Gasteiger partial charge >= 0.3 is 12.2 Å². The fourth-order valence-corrected chi connectivity index (χ4v) is 9.28. The molecule has 2 aliphatic heterocycles. The second kappa shape index (κ2) is 19.7. The predicted octanol–water partition coefficient (Wildman–Crippen LogP) is 8.23. The van der Waals surface area contributed by atoms with Crippen molar-refractivity contribution < 1.29 is 33.8 Å². The van der Waals surface area contributed by atoms with Crippen LogP contribution in [-0.2, 0) is 19.1 Å². The highest BCUT2D eigenvalue weighted by atomic mass is 32.2. The molecule has 2 fully saturated rings. The maximum absolute atomic E-state index is 14.4. The minimum atomic E-state index is -1.22. The standard InChI is InChI=1S/C48H58N8O7S/c1-28(2)40(53-46(59)60)44(57)56-26-35(64-7)22-39(56)43-50-24-37(52-43)33-19-15-31(16-20-33)30-13-17-32(18-14-30)36-23-49-42(51-36)38-21-29(27-62-6)25-55(38)45(58)41(34-11-9-8-10-12-34)54-47(61)63-48(3,4)5/h8-20,23-24,28-29,35,38-41,53H,21-22,25-27H2,1-7H3,(H,49,51)(H,50,52)(H,54,61)(H,59,60)/t29-,35-,38-,39-,40-,41?/m0/s1. The van der Waals surface area contributed by atoms with Gasteiger partial charge in [-0.2, -0.15) is 11.8 Å². The second-order valence-corrected chi connectivity index (χ2v) is 19.0. The highest BCUT2D eigenvalue weighted by molar-refractivity contribution is 7.99. The maximum atomic E-state index is 14.4. The summed E-state index contributed by atoms with van der Waals surface area (Å²) in [6.45, 7) is 10.4. The largest absolute Gasteiger partial charge is 0.465 e. The van der Waals surface area contributed by atoms with Crippen LogP contribution in [0.1, 0.15) is 82.8 Å². The van der Waals surface area contributed by atoms with Gasteiger partial charge in [-0.1, -0.05) is 92.7 Å². The van der Waals surface area contributed by atoms with Gasteiger partial charge in [0.2, 0.25) is 5.91 Å². The number of thioether (sulfide) groups is 1. The molecular formula is C48H58N8O7S. The van der Waals surface area contributed by atoms with Crippen molar-refractivity contribution in [3.05, 3.63) is 108 Å². The van der Waals surface area contributed by atoms with Crippen LogP contribution in [0.15, 0.2) is 91.3 Å². The molecule has 5 aromatic rings. The van der Waals surface area contributed by atoms with E-state index in [0.717, 1.165) is 33.6 Å². The molecule has 4 amide bonds. The van der Waals surface area contributed by atoms with Crippen LogP contribution >= 0.6 is 11.8 Å². The molecule has 1 unspecified atom stereocenters. The van der Waals surface area contributed by atoms with Gasteiger partial charge in [0.1, 0.15) is 29.3 Å². The number of aromatic nitrogens is 4. The zero-order valence-electron chi connectivity index (χ0n) is 37.3. The number of carbonyl (C=O) groups excluding carboxylic acids is 3. The summed E-state index contributed by atoms with van der Waals surface area (Å²) in [4.78, 5) is 72.6. The molecule has 3 aromatic carbocycles. The molecular weight excluding hydrogens is 833 g/mol. The lowest BCUT2D eigenvalue weighted by molar-refractivity contribution is -0.136. The monoisotopic (exact) mass is 890 g/mol. The Hall–Kier alpha value is -6.13. The van der Waals surface area contributed by atoms with E-state index in [2.05, 4.69) is 44.9 Å². The normalized spacial score (nSPS) is 19.7. The highest BCUT2D eigenvalue weighted by Gasteiger charge is 2.43. The molecule has 16 heteroatoms. The van der Waals surface area contributed by atoms with Gasteiger partial charge < -0.3 is 45.0 Å². The van der Waals surface area contributed by atoms with E-state index >= 15 is 0 Å². The maximum Gasteiger partial charge on any atom is 0.408 e. The van der Waals surface area contributed by atoms with Crippen LogP contribution in [0.25, 0.3) is 33.6 Å². The number of carboxylic acid groups (broad SMARTS) is 1. The van der Waals surface area contributed by atoms with Crippen molar-refractivity contribution in [3.63, 3.8) is 0 Å². The number of hydrogen-bond donors (Lipinski definition) is 5. The Morgan fingerprint density at radius 1 is 0.781 bits per heavy atom. The fraction of sp³-hybridized carbons (Fsp3) is 0.417. The number of benzene rings is 3. The first-order chi connectivity index (χ1) is 30.6. The molecule has 0 saturated carbocycles. The molecule has 0 radical (unpaired) electrons.